The van der Waals surface area contributed by atoms with E-state index in [2.05, 4.69) is 10.5 Å². The van der Waals surface area contributed by atoms with Crippen LogP contribution in [0.1, 0.15) is 27.4 Å². The summed E-state index contributed by atoms with van der Waals surface area (Å²) in [6.45, 7) is 3.92. The second-order valence-electron chi connectivity index (χ2n) is 6.89. The summed E-state index contributed by atoms with van der Waals surface area (Å²) in [6, 6.07) is 12.8. The first-order valence-electron chi connectivity index (χ1n) is 9.17. The molecule has 1 N–H and O–H groups in total. The highest BCUT2D eigenvalue weighted by Gasteiger charge is 2.18. The molecular formula is C21H23N3O5S. The van der Waals surface area contributed by atoms with Gasteiger partial charge in [0.25, 0.3) is 5.91 Å². The molecule has 1 heterocycles. The Morgan fingerprint density at radius 1 is 1.13 bits per heavy atom. The summed E-state index contributed by atoms with van der Waals surface area (Å²) in [6.07, 6.45) is 0. The van der Waals surface area contributed by atoms with Crippen LogP contribution in [0.4, 0.5) is 5.69 Å². The molecule has 0 spiro atoms. The van der Waals surface area contributed by atoms with Crippen molar-refractivity contribution >= 4 is 21.6 Å². The van der Waals surface area contributed by atoms with Crippen LogP contribution in [-0.4, -0.2) is 37.9 Å². The fourth-order valence-corrected chi connectivity index (χ4v) is 3.69. The Balaban J connectivity index is 1.73. The number of hydrogen-bond donors (Lipinski definition) is 1. The number of aryl methyl sites for hydroxylation is 2. The summed E-state index contributed by atoms with van der Waals surface area (Å²) in [5.41, 5.74) is 2.38. The molecule has 0 unspecified atom stereocenters. The van der Waals surface area contributed by atoms with Gasteiger partial charge in [0, 0.05) is 25.3 Å². The van der Waals surface area contributed by atoms with Gasteiger partial charge in [0.2, 0.25) is 10.0 Å². The summed E-state index contributed by atoms with van der Waals surface area (Å²) >= 11 is 0. The van der Waals surface area contributed by atoms with Gasteiger partial charge in [0.05, 0.1) is 16.2 Å². The van der Waals surface area contributed by atoms with Crippen LogP contribution in [0.15, 0.2) is 57.9 Å². The van der Waals surface area contributed by atoms with Gasteiger partial charge in [-0.2, -0.15) is 0 Å². The van der Waals surface area contributed by atoms with Crippen LogP contribution in [0.25, 0.3) is 0 Å². The van der Waals surface area contributed by atoms with Crippen LogP contribution in [0, 0.1) is 13.8 Å². The van der Waals surface area contributed by atoms with Gasteiger partial charge in [-0.1, -0.05) is 17.3 Å². The molecular weight excluding hydrogens is 406 g/mol. The minimum atomic E-state index is -3.59. The topological polar surface area (TPSA) is 102 Å². The van der Waals surface area contributed by atoms with Gasteiger partial charge >= 0.3 is 0 Å². The smallest absolute Gasteiger partial charge is 0.255 e. The minimum absolute atomic E-state index is 0.0989. The van der Waals surface area contributed by atoms with Gasteiger partial charge in [-0.15, -0.1) is 0 Å². The third-order valence-electron chi connectivity index (χ3n) is 4.53. The maximum absolute atomic E-state index is 12.7. The number of ether oxygens (including phenoxy) is 1. The molecule has 2 aromatic carbocycles. The van der Waals surface area contributed by atoms with Crippen LogP contribution < -0.4 is 10.1 Å². The zero-order chi connectivity index (χ0) is 21.9. The summed E-state index contributed by atoms with van der Waals surface area (Å²) < 4.78 is 36.6. The van der Waals surface area contributed by atoms with E-state index in [9.17, 15) is 13.2 Å². The monoisotopic (exact) mass is 429 g/mol. The molecule has 0 bridgehead atoms. The quantitative estimate of drug-likeness (QED) is 0.618. The third-order valence-corrected chi connectivity index (χ3v) is 6.34. The van der Waals surface area contributed by atoms with Gasteiger partial charge in [-0.05, 0) is 50.2 Å². The summed E-state index contributed by atoms with van der Waals surface area (Å²) in [5, 5.41) is 6.61. The van der Waals surface area contributed by atoms with Crippen LogP contribution >= 0.6 is 0 Å². The number of carbonyl (C=O) groups is 1. The highest BCUT2D eigenvalue weighted by Crippen LogP contribution is 2.21. The normalized spacial score (nSPS) is 11.5. The second-order valence-corrected chi connectivity index (χ2v) is 9.04. The van der Waals surface area contributed by atoms with Gasteiger partial charge < -0.3 is 14.6 Å². The molecule has 0 aliphatic heterocycles. The lowest BCUT2D eigenvalue weighted by Gasteiger charge is -2.13. The third kappa shape index (κ3) is 4.69. The fraction of sp³-hybridized carbons (Fsp3) is 0.238. The lowest BCUT2D eigenvalue weighted by molar-refractivity contribution is 0.102. The van der Waals surface area contributed by atoms with Crippen molar-refractivity contribution in [3.63, 3.8) is 0 Å². The summed E-state index contributed by atoms with van der Waals surface area (Å²) in [4.78, 5) is 12.7. The van der Waals surface area contributed by atoms with E-state index < -0.39 is 10.0 Å². The highest BCUT2D eigenvalue weighted by molar-refractivity contribution is 7.89. The Kier molecular flexibility index (Phi) is 6.23. The van der Waals surface area contributed by atoms with Gasteiger partial charge in [-0.3, -0.25) is 4.79 Å². The van der Waals surface area contributed by atoms with E-state index in [0.717, 1.165) is 15.6 Å². The number of nitrogens with zero attached hydrogens (tertiary/aromatic N) is 2. The number of carbonyl (C=O) groups excluding carboxylic acids is 1. The van der Waals surface area contributed by atoms with Crippen molar-refractivity contribution in [1.29, 1.82) is 0 Å². The first-order chi connectivity index (χ1) is 14.2. The Bertz CT molecular complexity index is 1150. The zero-order valence-corrected chi connectivity index (χ0v) is 18.0. The van der Waals surface area contributed by atoms with E-state index in [1.54, 1.807) is 36.4 Å². The van der Waals surface area contributed by atoms with Crippen LogP contribution in [0.3, 0.4) is 0 Å². The average molecular weight is 429 g/mol. The van der Waals surface area contributed by atoms with Crippen LogP contribution in [0.2, 0.25) is 0 Å². The average Bonchev–Trinajstić information content (AvgIpc) is 3.04. The van der Waals surface area contributed by atoms with E-state index in [0.29, 0.717) is 22.8 Å². The number of anilines is 1. The standard InChI is InChI=1S/C21H23N3O5S/c1-14-20(15(2)29-23-14)13-28-18-9-5-7-16(11-18)21(25)22-17-8-6-10-19(12-17)30(26,27)24(3)4/h5-12H,13H2,1-4H3,(H,22,25). The first kappa shape index (κ1) is 21.5. The molecule has 8 nitrogen and oxygen atoms in total. The highest BCUT2D eigenvalue weighted by atomic mass is 32.2. The van der Waals surface area contributed by atoms with Crippen molar-refractivity contribution in [3.8, 4) is 5.75 Å². The van der Waals surface area contributed by atoms with E-state index in [1.165, 1.54) is 26.2 Å². The number of hydrogen-bond acceptors (Lipinski definition) is 6. The van der Waals surface area contributed by atoms with E-state index >= 15 is 0 Å². The molecule has 0 fully saturated rings. The Hall–Kier alpha value is -3.17. The molecule has 158 valence electrons. The molecule has 0 aliphatic rings. The molecule has 0 saturated heterocycles. The fourth-order valence-electron chi connectivity index (χ4n) is 2.74. The molecule has 1 aromatic heterocycles. The van der Waals surface area contributed by atoms with Gasteiger partial charge in [-0.25, -0.2) is 12.7 Å². The van der Waals surface area contributed by atoms with E-state index in [-0.39, 0.29) is 17.4 Å². The Morgan fingerprint density at radius 3 is 2.53 bits per heavy atom. The number of aromatic nitrogens is 1. The molecule has 0 atom stereocenters. The molecule has 0 radical (unpaired) electrons. The molecule has 1 amide bonds. The van der Waals surface area contributed by atoms with Crippen LogP contribution in [0.5, 0.6) is 5.75 Å². The largest absolute Gasteiger partial charge is 0.489 e. The van der Waals surface area contributed by atoms with Crippen molar-refractivity contribution in [3.05, 3.63) is 71.1 Å². The lowest BCUT2D eigenvalue weighted by atomic mass is 10.2. The first-order valence-corrected chi connectivity index (χ1v) is 10.6. The Labute approximate surface area is 175 Å². The maximum Gasteiger partial charge on any atom is 0.255 e. The molecule has 30 heavy (non-hydrogen) atoms. The van der Waals surface area contributed by atoms with Crippen molar-refractivity contribution in [1.82, 2.24) is 9.46 Å². The Morgan fingerprint density at radius 2 is 1.87 bits per heavy atom. The second kappa shape index (κ2) is 8.68. The molecule has 9 heteroatoms. The molecule has 0 aliphatic carbocycles. The van der Waals surface area contributed by atoms with E-state index in [4.69, 9.17) is 9.26 Å². The number of nitrogens with one attached hydrogen (secondary N) is 1. The zero-order valence-electron chi connectivity index (χ0n) is 17.2. The van der Waals surface area contributed by atoms with Gasteiger partial charge in [0.1, 0.15) is 18.1 Å². The number of benzene rings is 2. The predicted octanol–water partition coefficient (Wildman–Crippen LogP) is 3.37. The molecule has 0 saturated carbocycles. The summed E-state index contributed by atoms with van der Waals surface area (Å²) in [7, 11) is -0.687. The van der Waals surface area contributed by atoms with Crippen molar-refractivity contribution in [2.24, 2.45) is 0 Å². The van der Waals surface area contributed by atoms with Crippen molar-refractivity contribution in [2.75, 3.05) is 19.4 Å². The SMILES string of the molecule is Cc1noc(C)c1COc1cccc(C(=O)Nc2cccc(S(=O)(=O)N(C)C)c2)c1. The number of sulfonamides is 1. The predicted molar refractivity (Wildman–Crippen MR) is 112 cm³/mol. The number of rotatable bonds is 7. The van der Waals surface area contributed by atoms with Gasteiger partial charge in [0.15, 0.2) is 0 Å². The minimum Gasteiger partial charge on any atom is -0.489 e. The van der Waals surface area contributed by atoms with Crippen LogP contribution in [-0.2, 0) is 16.6 Å². The van der Waals surface area contributed by atoms with E-state index in [1.807, 2.05) is 13.8 Å². The molecule has 3 aromatic rings. The number of amides is 1. The van der Waals surface area contributed by atoms with Crippen molar-refractivity contribution in [2.45, 2.75) is 25.3 Å². The molecule has 3 rings (SSSR count). The summed E-state index contributed by atoms with van der Waals surface area (Å²) in [5.74, 6) is 0.831. The maximum atomic E-state index is 12.7. The lowest BCUT2D eigenvalue weighted by Crippen LogP contribution is -2.22. The van der Waals surface area contributed by atoms with Crippen molar-refractivity contribution < 1.29 is 22.5 Å².